The first kappa shape index (κ1) is 12.0. The summed E-state index contributed by atoms with van der Waals surface area (Å²) < 4.78 is 1.89. The fraction of sp³-hybridized carbons (Fsp3) is 0.812. The van der Waals surface area contributed by atoms with Gasteiger partial charge in [0.2, 0.25) is 0 Å². The lowest BCUT2D eigenvalue weighted by Gasteiger charge is -2.56. The summed E-state index contributed by atoms with van der Waals surface area (Å²) in [5, 5.41) is 4.50. The number of nitrogens with zero attached hydrogens (tertiary/aromatic N) is 2. The molecule has 1 aromatic heterocycles. The van der Waals surface area contributed by atoms with Crippen LogP contribution in [0.25, 0.3) is 0 Å². The number of aryl methyl sites for hydroxylation is 1. The fourth-order valence-electron chi connectivity index (χ4n) is 5.62. The number of hydrogen-bond donors (Lipinski definition) is 1. The summed E-state index contributed by atoms with van der Waals surface area (Å²) in [6.07, 6.45) is 10.4. The molecule has 1 atom stereocenters. The third-order valence-corrected chi connectivity index (χ3v) is 6.01. The predicted octanol–water partition coefficient (Wildman–Crippen LogP) is 2.36. The van der Waals surface area contributed by atoms with Crippen molar-refractivity contribution >= 4 is 0 Å². The van der Waals surface area contributed by atoms with Gasteiger partial charge in [-0.3, -0.25) is 4.68 Å². The van der Waals surface area contributed by atoms with Crippen molar-refractivity contribution in [1.82, 2.24) is 9.78 Å². The van der Waals surface area contributed by atoms with Gasteiger partial charge in [-0.05, 0) is 67.8 Å². The van der Waals surface area contributed by atoms with Gasteiger partial charge in [0, 0.05) is 25.7 Å². The topological polar surface area (TPSA) is 43.8 Å². The molecule has 5 rings (SSSR count). The third-order valence-electron chi connectivity index (χ3n) is 6.01. The number of aromatic nitrogens is 2. The highest BCUT2D eigenvalue weighted by Crippen LogP contribution is 2.57. The number of nitrogens with two attached hydrogens (primary N) is 1. The maximum Gasteiger partial charge on any atom is 0.0640 e. The lowest BCUT2D eigenvalue weighted by Crippen LogP contribution is -2.52. The molecular weight excluding hydrogens is 234 g/mol. The smallest absolute Gasteiger partial charge is 0.0640 e. The normalized spacial score (nSPS) is 41.7. The summed E-state index contributed by atoms with van der Waals surface area (Å²) in [6, 6.07) is 2.44. The summed E-state index contributed by atoms with van der Waals surface area (Å²) in [5.74, 6) is 4.71. The Morgan fingerprint density at radius 2 is 1.84 bits per heavy atom. The molecule has 4 saturated carbocycles. The van der Waals surface area contributed by atoms with E-state index in [1.54, 1.807) is 0 Å². The molecule has 1 aromatic rings. The van der Waals surface area contributed by atoms with Gasteiger partial charge in [0.25, 0.3) is 0 Å². The van der Waals surface area contributed by atoms with Crippen LogP contribution in [0.15, 0.2) is 12.3 Å². The van der Waals surface area contributed by atoms with E-state index in [1.807, 2.05) is 17.9 Å². The van der Waals surface area contributed by atoms with Gasteiger partial charge in [-0.1, -0.05) is 0 Å². The van der Waals surface area contributed by atoms with Crippen LogP contribution in [0.3, 0.4) is 0 Å². The first-order chi connectivity index (χ1) is 9.19. The van der Waals surface area contributed by atoms with E-state index in [0.29, 0.717) is 6.04 Å². The SMILES string of the molecule is Cn1ccc(CC(N)C2C3CC4CC(C3)CC2C4)n1. The minimum atomic E-state index is 0.324. The largest absolute Gasteiger partial charge is 0.327 e. The Labute approximate surface area is 115 Å². The standard InChI is InChI=1S/C16H25N3/c1-19-3-2-14(18-19)9-15(17)16-12-5-10-4-11(7-12)8-13(16)6-10/h2-3,10-13,15-16H,4-9,17H2,1H3. The van der Waals surface area contributed by atoms with Crippen molar-refractivity contribution in [1.29, 1.82) is 0 Å². The van der Waals surface area contributed by atoms with E-state index in [2.05, 4.69) is 11.2 Å². The van der Waals surface area contributed by atoms with E-state index < -0.39 is 0 Å². The van der Waals surface area contributed by atoms with Crippen LogP contribution in [-0.4, -0.2) is 15.8 Å². The summed E-state index contributed by atoms with van der Waals surface area (Å²) in [4.78, 5) is 0. The molecule has 0 spiro atoms. The highest BCUT2D eigenvalue weighted by molar-refractivity contribution is 5.06. The lowest BCUT2D eigenvalue weighted by molar-refractivity contribution is -0.0465. The van der Waals surface area contributed by atoms with Gasteiger partial charge >= 0.3 is 0 Å². The Morgan fingerprint density at radius 3 is 2.37 bits per heavy atom. The zero-order valence-corrected chi connectivity index (χ0v) is 11.8. The number of rotatable bonds is 3. The molecule has 0 aromatic carbocycles. The molecule has 19 heavy (non-hydrogen) atoms. The van der Waals surface area contributed by atoms with Gasteiger partial charge in [0.1, 0.15) is 0 Å². The quantitative estimate of drug-likeness (QED) is 0.905. The Hall–Kier alpha value is -0.830. The predicted molar refractivity (Wildman–Crippen MR) is 75.4 cm³/mol. The van der Waals surface area contributed by atoms with Crippen LogP contribution in [0, 0.1) is 29.6 Å². The maximum absolute atomic E-state index is 6.59. The van der Waals surface area contributed by atoms with Crippen molar-refractivity contribution in [2.75, 3.05) is 0 Å². The van der Waals surface area contributed by atoms with Gasteiger partial charge in [0.15, 0.2) is 0 Å². The summed E-state index contributed by atoms with van der Waals surface area (Å²) >= 11 is 0. The summed E-state index contributed by atoms with van der Waals surface area (Å²) in [5.41, 5.74) is 7.76. The molecule has 0 saturated heterocycles. The molecule has 3 heteroatoms. The molecule has 3 nitrogen and oxygen atoms in total. The Balaban J connectivity index is 1.49. The molecule has 0 amide bonds. The van der Waals surface area contributed by atoms with Crippen LogP contribution in [0.2, 0.25) is 0 Å². The van der Waals surface area contributed by atoms with Crippen LogP contribution in [0.1, 0.15) is 37.8 Å². The van der Waals surface area contributed by atoms with Crippen molar-refractivity contribution in [3.63, 3.8) is 0 Å². The molecule has 1 heterocycles. The van der Waals surface area contributed by atoms with Crippen LogP contribution in [-0.2, 0) is 13.5 Å². The van der Waals surface area contributed by atoms with Gasteiger partial charge in [-0.25, -0.2) is 0 Å². The minimum Gasteiger partial charge on any atom is -0.327 e. The van der Waals surface area contributed by atoms with E-state index in [-0.39, 0.29) is 0 Å². The molecule has 104 valence electrons. The second-order valence-electron chi connectivity index (χ2n) is 7.36. The monoisotopic (exact) mass is 259 g/mol. The summed E-state index contributed by atoms with van der Waals surface area (Å²) in [7, 11) is 1.98. The lowest BCUT2D eigenvalue weighted by atomic mass is 9.50. The van der Waals surface area contributed by atoms with Crippen LogP contribution in [0.5, 0.6) is 0 Å². The average Bonchev–Trinajstić information content (AvgIpc) is 2.73. The first-order valence-electron chi connectivity index (χ1n) is 7.93. The Bertz CT molecular complexity index is 436. The molecule has 4 fully saturated rings. The van der Waals surface area contributed by atoms with Crippen molar-refractivity contribution in [2.24, 2.45) is 42.4 Å². The highest BCUT2D eigenvalue weighted by atomic mass is 15.2. The summed E-state index contributed by atoms with van der Waals surface area (Å²) in [6.45, 7) is 0. The van der Waals surface area contributed by atoms with Crippen molar-refractivity contribution < 1.29 is 0 Å². The van der Waals surface area contributed by atoms with Crippen LogP contribution < -0.4 is 5.73 Å². The molecule has 4 aliphatic carbocycles. The van der Waals surface area contributed by atoms with E-state index in [4.69, 9.17) is 5.73 Å². The molecule has 4 aliphatic rings. The molecule has 4 bridgehead atoms. The van der Waals surface area contributed by atoms with E-state index >= 15 is 0 Å². The molecule has 0 radical (unpaired) electrons. The van der Waals surface area contributed by atoms with E-state index in [1.165, 1.54) is 37.8 Å². The molecule has 1 unspecified atom stereocenters. The van der Waals surface area contributed by atoms with Crippen molar-refractivity contribution in [3.05, 3.63) is 18.0 Å². The highest BCUT2D eigenvalue weighted by Gasteiger charge is 2.49. The van der Waals surface area contributed by atoms with E-state index in [0.717, 1.165) is 36.0 Å². The Morgan fingerprint density at radius 1 is 1.21 bits per heavy atom. The molecule has 2 N–H and O–H groups in total. The first-order valence-corrected chi connectivity index (χ1v) is 7.93. The van der Waals surface area contributed by atoms with E-state index in [9.17, 15) is 0 Å². The number of hydrogen-bond acceptors (Lipinski definition) is 2. The zero-order chi connectivity index (χ0) is 13.0. The maximum atomic E-state index is 6.59. The van der Waals surface area contributed by atoms with Gasteiger partial charge in [-0.2, -0.15) is 5.10 Å². The van der Waals surface area contributed by atoms with Crippen LogP contribution >= 0.6 is 0 Å². The second-order valence-corrected chi connectivity index (χ2v) is 7.36. The fourth-order valence-corrected chi connectivity index (χ4v) is 5.62. The average molecular weight is 259 g/mol. The Kier molecular flexibility index (Phi) is 2.73. The van der Waals surface area contributed by atoms with Crippen molar-refractivity contribution in [3.8, 4) is 0 Å². The zero-order valence-electron chi connectivity index (χ0n) is 11.8. The molecular formula is C16H25N3. The van der Waals surface area contributed by atoms with Gasteiger partial charge < -0.3 is 5.73 Å². The van der Waals surface area contributed by atoms with Gasteiger partial charge in [0.05, 0.1) is 5.69 Å². The molecule has 0 aliphatic heterocycles. The van der Waals surface area contributed by atoms with Gasteiger partial charge in [-0.15, -0.1) is 0 Å². The second kappa shape index (κ2) is 4.34. The van der Waals surface area contributed by atoms with Crippen LogP contribution in [0.4, 0.5) is 0 Å². The third kappa shape index (κ3) is 2.03. The van der Waals surface area contributed by atoms with Crippen molar-refractivity contribution in [2.45, 2.75) is 44.6 Å². The minimum absolute atomic E-state index is 0.324.